The van der Waals surface area contributed by atoms with E-state index in [1.807, 2.05) is 0 Å². The molecule has 168 valence electrons. The summed E-state index contributed by atoms with van der Waals surface area (Å²) < 4.78 is 32.4. The number of nitrogens with one attached hydrogen (secondary N) is 1. The average molecular weight is 456 g/mol. The summed E-state index contributed by atoms with van der Waals surface area (Å²) in [5, 5.41) is 2.79. The monoisotopic (exact) mass is 455 g/mol. The van der Waals surface area contributed by atoms with E-state index in [9.17, 15) is 18.0 Å². The Morgan fingerprint density at radius 1 is 1.19 bits per heavy atom. The van der Waals surface area contributed by atoms with Crippen molar-refractivity contribution < 1.29 is 22.7 Å². The zero-order valence-electron chi connectivity index (χ0n) is 17.8. The lowest BCUT2D eigenvalue weighted by Gasteiger charge is -2.32. The van der Waals surface area contributed by atoms with E-state index in [0.717, 1.165) is 12.8 Å². The third-order valence-corrected chi connectivity index (χ3v) is 7.47. The number of carbonyl (C=O) groups is 2. The third kappa shape index (κ3) is 4.13. The summed E-state index contributed by atoms with van der Waals surface area (Å²) in [5.74, 6) is -0.0224. The molecular weight excluding hydrogens is 430 g/mol. The van der Waals surface area contributed by atoms with Gasteiger partial charge in [-0.15, -0.1) is 6.58 Å². The third-order valence-electron chi connectivity index (χ3n) is 5.56. The van der Waals surface area contributed by atoms with Crippen LogP contribution in [-0.4, -0.2) is 50.3 Å². The van der Waals surface area contributed by atoms with Crippen LogP contribution in [0.25, 0.3) is 0 Å². The maximum absolute atomic E-state index is 12.7. The number of ether oxygens (including phenoxy) is 1. The van der Waals surface area contributed by atoms with Gasteiger partial charge in [0.15, 0.2) is 6.10 Å². The Morgan fingerprint density at radius 3 is 2.53 bits per heavy atom. The second kappa shape index (κ2) is 8.76. The first-order valence-electron chi connectivity index (χ1n) is 10.5. The highest BCUT2D eigenvalue weighted by molar-refractivity contribution is 7.89. The number of benzene rings is 2. The molecule has 0 bridgehead atoms. The molecule has 9 heteroatoms. The molecule has 1 saturated heterocycles. The molecule has 0 radical (unpaired) electrons. The van der Waals surface area contributed by atoms with Gasteiger partial charge in [-0.3, -0.25) is 9.59 Å². The van der Waals surface area contributed by atoms with Gasteiger partial charge in [-0.25, -0.2) is 8.42 Å². The quantitative estimate of drug-likeness (QED) is 0.676. The second-order valence-corrected chi connectivity index (χ2v) is 9.71. The molecule has 0 spiro atoms. The van der Waals surface area contributed by atoms with Gasteiger partial charge in [-0.2, -0.15) is 4.31 Å². The van der Waals surface area contributed by atoms with E-state index >= 15 is 0 Å². The predicted octanol–water partition coefficient (Wildman–Crippen LogP) is 3.02. The molecular formula is C23H25N3O5S. The van der Waals surface area contributed by atoms with E-state index < -0.39 is 16.1 Å². The van der Waals surface area contributed by atoms with Crippen LogP contribution in [0.5, 0.6) is 5.75 Å². The van der Waals surface area contributed by atoms with Crippen molar-refractivity contribution in [2.75, 3.05) is 29.9 Å². The maximum Gasteiger partial charge on any atom is 0.268 e. The number of carbonyl (C=O) groups excluding carboxylic acids is 2. The summed E-state index contributed by atoms with van der Waals surface area (Å²) in [6.45, 7) is 6.75. The van der Waals surface area contributed by atoms with Crippen molar-refractivity contribution in [3.8, 4) is 5.75 Å². The van der Waals surface area contributed by atoms with E-state index in [0.29, 0.717) is 42.3 Å². The van der Waals surface area contributed by atoms with E-state index in [2.05, 4.69) is 11.9 Å². The van der Waals surface area contributed by atoms with Gasteiger partial charge < -0.3 is 15.0 Å². The average Bonchev–Trinajstić information content (AvgIpc) is 3.33. The SMILES string of the molecule is C=CCN1C(=O)C(C)Oc2ccc(NC(=O)c3ccc(S(=O)(=O)N4CCCC4)cc3)cc21. The van der Waals surface area contributed by atoms with Gasteiger partial charge in [0.05, 0.1) is 10.6 Å². The molecule has 2 amide bonds. The molecule has 1 N–H and O–H groups in total. The first-order valence-corrected chi connectivity index (χ1v) is 11.9. The number of fused-ring (bicyclic) bond motifs is 1. The molecule has 2 heterocycles. The van der Waals surface area contributed by atoms with Crippen LogP contribution in [0, 0.1) is 0 Å². The number of hydrogen-bond acceptors (Lipinski definition) is 5. The van der Waals surface area contributed by atoms with Gasteiger partial charge >= 0.3 is 0 Å². The highest BCUT2D eigenvalue weighted by Gasteiger charge is 2.31. The van der Waals surface area contributed by atoms with Crippen LogP contribution in [0.1, 0.15) is 30.1 Å². The lowest BCUT2D eigenvalue weighted by atomic mass is 10.1. The molecule has 0 aromatic heterocycles. The highest BCUT2D eigenvalue weighted by Crippen LogP contribution is 2.36. The van der Waals surface area contributed by atoms with Crippen LogP contribution in [0.2, 0.25) is 0 Å². The summed E-state index contributed by atoms with van der Waals surface area (Å²) >= 11 is 0. The topological polar surface area (TPSA) is 96.0 Å². The lowest BCUT2D eigenvalue weighted by molar-refractivity contribution is -0.125. The number of hydrogen-bond donors (Lipinski definition) is 1. The minimum Gasteiger partial charge on any atom is -0.479 e. The zero-order valence-corrected chi connectivity index (χ0v) is 18.6. The zero-order chi connectivity index (χ0) is 22.9. The Kier molecular flexibility index (Phi) is 6.03. The molecule has 8 nitrogen and oxygen atoms in total. The van der Waals surface area contributed by atoms with Crippen LogP contribution in [0.15, 0.2) is 60.0 Å². The molecule has 2 aromatic rings. The van der Waals surface area contributed by atoms with Crippen molar-refractivity contribution >= 4 is 33.2 Å². The fourth-order valence-corrected chi connectivity index (χ4v) is 5.38. The first kappa shape index (κ1) is 22.0. The number of anilines is 2. The van der Waals surface area contributed by atoms with Crippen LogP contribution in [0.4, 0.5) is 11.4 Å². The Balaban J connectivity index is 1.52. The number of amides is 2. The van der Waals surface area contributed by atoms with Crippen molar-refractivity contribution in [1.82, 2.24) is 4.31 Å². The van der Waals surface area contributed by atoms with Crippen molar-refractivity contribution in [2.45, 2.75) is 30.8 Å². The van der Waals surface area contributed by atoms with Gasteiger partial charge in [-0.05, 0) is 62.2 Å². The number of nitrogens with zero attached hydrogens (tertiary/aromatic N) is 2. The van der Waals surface area contributed by atoms with Crippen molar-refractivity contribution in [3.05, 3.63) is 60.7 Å². The minimum atomic E-state index is -3.53. The lowest BCUT2D eigenvalue weighted by Crippen LogP contribution is -2.44. The maximum atomic E-state index is 12.7. The van der Waals surface area contributed by atoms with Gasteiger partial charge in [0.1, 0.15) is 5.75 Å². The molecule has 2 aliphatic rings. The molecule has 32 heavy (non-hydrogen) atoms. The van der Waals surface area contributed by atoms with Gasteiger partial charge in [0, 0.05) is 30.9 Å². The summed E-state index contributed by atoms with van der Waals surface area (Å²) in [5.41, 5.74) is 1.37. The van der Waals surface area contributed by atoms with Crippen LogP contribution >= 0.6 is 0 Å². The van der Waals surface area contributed by atoms with Crippen LogP contribution in [0.3, 0.4) is 0 Å². The van der Waals surface area contributed by atoms with E-state index in [1.165, 1.54) is 28.6 Å². The van der Waals surface area contributed by atoms with Crippen molar-refractivity contribution in [3.63, 3.8) is 0 Å². The van der Waals surface area contributed by atoms with E-state index in [-0.39, 0.29) is 16.7 Å². The van der Waals surface area contributed by atoms with Crippen LogP contribution < -0.4 is 15.0 Å². The van der Waals surface area contributed by atoms with E-state index in [4.69, 9.17) is 4.74 Å². The highest BCUT2D eigenvalue weighted by atomic mass is 32.2. The van der Waals surface area contributed by atoms with Gasteiger partial charge in [0.2, 0.25) is 10.0 Å². The Labute approximate surface area is 187 Å². The fourth-order valence-electron chi connectivity index (χ4n) is 3.86. The normalized spacial score (nSPS) is 18.7. The summed E-state index contributed by atoms with van der Waals surface area (Å²) in [6.07, 6.45) is 2.75. The van der Waals surface area contributed by atoms with E-state index in [1.54, 1.807) is 36.1 Å². The second-order valence-electron chi connectivity index (χ2n) is 7.77. The summed E-state index contributed by atoms with van der Waals surface area (Å²) in [6, 6.07) is 11.0. The molecule has 4 rings (SSSR count). The molecule has 1 atom stereocenters. The number of sulfonamides is 1. The summed E-state index contributed by atoms with van der Waals surface area (Å²) in [7, 11) is -3.53. The fraction of sp³-hybridized carbons (Fsp3) is 0.304. The number of rotatable bonds is 6. The van der Waals surface area contributed by atoms with Crippen LogP contribution in [-0.2, 0) is 14.8 Å². The van der Waals surface area contributed by atoms with Gasteiger partial charge in [0.25, 0.3) is 11.8 Å². The van der Waals surface area contributed by atoms with Gasteiger partial charge in [-0.1, -0.05) is 6.08 Å². The molecule has 1 fully saturated rings. The molecule has 0 saturated carbocycles. The standard InChI is InChI=1S/C23H25N3O5S/c1-3-12-26-20-15-18(8-11-21(20)31-16(2)23(26)28)24-22(27)17-6-9-19(10-7-17)32(29,30)25-13-4-5-14-25/h3,6-11,15-16H,1,4-5,12-14H2,2H3,(H,24,27). The Morgan fingerprint density at radius 2 is 1.88 bits per heavy atom. The molecule has 2 aliphatic heterocycles. The Bertz CT molecular complexity index is 1150. The largest absolute Gasteiger partial charge is 0.479 e. The first-order chi connectivity index (χ1) is 15.3. The van der Waals surface area contributed by atoms with Crippen molar-refractivity contribution in [2.24, 2.45) is 0 Å². The molecule has 0 aliphatic carbocycles. The Hall–Kier alpha value is -3.17. The molecule has 2 aromatic carbocycles. The predicted molar refractivity (Wildman–Crippen MR) is 121 cm³/mol. The van der Waals surface area contributed by atoms with Crippen molar-refractivity contribution in [1.29, 1.82) is 0 Å². The minimum absolute atomic E-state index is 0.176. The smallest absolute Gasteiger partial charge is 0.268 e. The molecule has 1 unspecified atom stereocenters. The summed E-state index contributed by atoms with van der Waals surface area (Å²) in [4.78, 5) is 26.9.